The number of sulfonamides is 2. The first-order chi connectivity index (χ1) is 19.7. The third-order valence-electron chi connectivity index (χ3n) is 5.79. The molecule has 0 aliphatic heterocycles. The van der Waals surface area contributed by atoms with Gasteiger partial charge in [-0.25, -0.2) is 21.8 Å². The number of nitrogens with zero attached hydrogens (tertiary/aromatic N) is 2. The number of amides is 1. The summed E-state index contributed by atoms with van der Waals surface area (Å²) in [5.74, 6) is -0.808. The first-order valence-electron chi connectivity index (χ1n) is 12.0. The molecule has 0 aliphatic carbocycles. The Balaban J connectivity index is 1.61. The molecule has 15 heteroatoms. The maximum absolute atomic E-state index is 13.6. The number of hydrogen-bond acceptors (Lipinski definition) is 6. The molecule has 1 amide bonds. The van der Waals surface area contributed by atoms with Crippen molar-refractivity contribution in [3.05, 3.63) is 107 Å². The van der Waals surface area contributed by atoms with Gasteiger partial charge >= 0.3 is 6.18 Å². The SMILES string of the molecule is Cc1ccc(S(=O)(=O)N(CC(=O)Nc2ccc(S(=O)(=O)Nc3ccccn3)cc2)c2ccc(Cl)c(C(F)(F)F)c2)cc1. The highest BCUT2D eigenvalue weighted by Crippen LogP contribution is 2.38. The van der Waals surface area contributed by atoms with Crippen LogP contribution in [-0.4, -0.2) is 34.3 Å². The van der Waals surface area contributed by atoms with Gasteiger partial charge in [0.1, 0.15) is 12.4 Å². The Hall–Kier alpha value is -4.14. The predicted molar refractivity (Wildman–Crippen MR) is 152 cm³/mol. The Morgan fingerprint density at radius 2 is 1.55 bits per heavy atom. The molecule has 0 saturated heterocycles. The second kappa shape index (κ2) is 12.0. The minimum Gasteiger partial charge on any atom is -0.325 e. The molecule has 2 N–H and O–H groups in total. The molecule has 220 valence electrons. The van der Waals surface area contributed by atoms with E-state index in [0.29, 0.717) is 10.4 Å². The summed E-state index contributed by atoms with van der Waals surface area (Å²) in [7, 11) is -8.52. The fraction of sp³-hybridized carbons (Fsp3) is 0.111. The van der Waals surface area contributed by atoms with Gasteiger partial charge in [0.05, 0.1) is 26.1 Å². The average Bonchev–Trinajstić information content (AvgIpc) is 2.92. The summed E-state index contributed by atoms with van der Waals surface area (Å²) < 4.78 is 95.8. The molecular formula is C27H22ClF3N4O5S2. The van der Waals surface area contributed by atoms with Gasteiger partial charge in [-0.3, -0.25) is 13.8 Å². The van der Waals surface area contributed by atoms with Crippen molar-refractivity contribution < 1.29 is 34.8 Å². The number of alkyl halides is 3. The van der Waals surface area contributed by atoms with Crippen molar-refractivity contribution in [1.82, 2.24) is 4.98 Å². The summed E-state index contributed by atoms with van der Waals surface area (Å²) >= 11 is 5.72. The number of carbonyl (C=O) groups is 1. The van der Waals surface area contributed by atoms with Crippen LogP contribution in [0.25, 0.3) is 0 Å². The number of aromatic nitrogens is 1. The van der Waals surface area contributed by atoms with E-state index < -0.39 is 54.9 Å². The lowest BCUT2D eigenvalue weighted by Crippen LogP contribution is -2.38. The maximum Gasteiger partial charge on any atom is 0.417 e. The largest absolute Gasteiger partial charge is 0.417 e. The summed E-state index contributed by atoms with van der Waals surface area (Å²) in [4.78, 5) is 16.5. The summed E-state index contributed by atoms with van der Waals surface area (Å²) in [5.41, 5.74) is -0.867. The summed E-state index contributed by atoms with van der Waals surface area (Å²) in [6.45, 7) is 0.817. The zero-order chi connectivity index (χ0) is 30.7. The van der Waals surface area contributed by atoms with Gasteiger partial charge in [-0.05, 0) is 73.7 Å². The average molecular weight is 639 g/mol. The number of anilines is 3. The number of rotatable bonds is 9. The first kappa shape index (κ1) is 30.8. The van der Waals surface area contributed by atoms with Crippen LogP contribution in [0.1, 0.15) is 11.1 Å². The van der Waals surface area contributed by atoms with E-state index in [4.69, 9.17) is 11.6 Å². The molecule has 0 spiro atoms. The third-order valence-corrected chi connectivity index (χ3v) is 9.28. The molecule has 0 radical (unpaired) electrons. The van der Waals surface area contributed by atoms with E-state index in [-0.39, 0.29) is 21.3 Å². The summed E-state index contributed by atoms with van der Waals surface area (Å²) in [6.07, 6.45) is -3.48. The molecule has 0 fully saturated rings. The minimum absolute atomic E-state index is 0.0978. The van der Waals surface area contributed by atoms with E-state index in [1.54, 1.807) is 19.1 Å². The van der Waals surface area contributed by atoms with Gasteiger partial charge < -0.3 is 5.32 Å². The number of pyridine rings is 1. The van der Waals surface area contributed by atoms with Gasteiger partial charge in [-0.1, -0.05) is 35.4 Å². The zero-order valence-electron chi connectivity index (χ0n) is 21.6. The Bertz CT molecular complexity index is 1800. The fourth-order valence-electron chi connectivity index (χ4n) is 3.71. The monoisotopic (exact) mass is 638 g/mol. The van der Waals surface area contributed by atoms with Crippen LogP contribution in [0.5, 0.6) is 0 Å². The second-order valence-corrected chi connectivity index (χ2v) is 12.8. The van der Waals surface area contributed by atoms with Crippen LogP contribution >= 0.6 is 11.6 Å². The van der Waals surface area contributed by atoms with Crippen molar-refractivity contribution in [2.45, 2.75) is 22.9 Å². The molecule has 1 aromatic heterocycles. The molecule has 0 atom stereocenters. The number of halogens is 4. The smallest absolute Gasteiger partial charge is 0.325 e. The summed E-state index contributed by atoms with van der Waals surface area (Å²) in [6, 6.07) is 17.7. The lowest BCUT2D eigenvalue weighted by molar-refractivity contribution is -0.137. The van der Waals surface area contributed by atoms with Gasteiger partial charge in [0, 0.05) is 11.9 Å². The van der Waals surface area contributed by atoms with E-state index in [0.717, 1.165) is 17.7 Å². The first-order valence-corrected chi connectivity index (χ1v) is 15.3. The standard InChI is InChI=1S/C27H22ClF3N4O5S2/c1-18-5-10-22(11-6-18)42(39,40)35(20-9-14-24(28)23(16-20)27(29,30)31)17-26(36)33-19-7-12-21(13-8-19)41(37,38)34-25-4-2-3-15-32-25/h2-16H,17H2,1H3,(H,32,34)(H,33,36). The molecule has 4 aromatic rings. The maximum atomic E-state index is 13.6. The number of aryl methyl sites for hydroxylation is 1. The molecule has 0 aliphatic rings. The predicted octanol–water partition coefficient (Wildman–Crippen LogP) is 5.70. The van der Waals surface area contributed by atoms with E-state index in [9.17, 15) is 34.8 Å². The molecule has 1 heterocycles. The summed E-state index contributed by atoms with van der Waals surface area (Å²) in [5, 5.41) is 1.80. The Morgan fingerprint density at radius 3 is 2.14 bits per heavy atom. The lowest BCUT2D eigenvalue weighted by atomic mass is 10.2. The van der Waals surface area contributed by atoms with E-state index in [1.165, 1.54) is 60.8 Å². The number of carbonyl (C=O) groups excluding carboxylic acids is 1. The molecule has 0 bridgehead atoms. The van der Waals surface area contributed by atoms with Crippen molar-refractivity contribution in [3.8, 4) is 0 Å². The third kappa shape index (κ3) is 7.19. The molecule has 9 nitrogen and oxygen atoms in total. The topological polar surface area (TPSA) is 126 Å². The van der Waals surface area contributed by atoms with Crippen LogP contribution in [0.15, 0.2) is 101 Å². The van der Waals surface area contributed by atoms with E-state index in [1.807, 2.05) is 0 Å². The van der Waals surface area contributed by atoms with Gasteiger partial charge in [0.25, 0.3) is 20.0 Å². The second-order valence-electron chi connectivity index (χ2n) is 8.88. The molecule has 0 saturated carbocycles. The number of nitrogens with one attached hydrogen (secondary N) is 2. The Kier molecular flexibility index (Phi) is 8.80. The molecule has 4 rings (SSSR count). The Morgan fingerprint density at radius 1 is 0.905 bits per heavy atom. The van der Waals surface area contributed by atoms with Gasteiger partial charge in [-0.2, -0.15) is 13.2 Å². The van der Waals surface area contributed by atoms with E-state index >= 15 is 0 Å². The highest BCUT2D eigenvalue weighted by atomic mass is 35.5. The highest BCUT2D eigenvalue weighted by Gasteiger charge is 2.35. The van der Waals surface area contributed by atoms with Crippen LogP contribution in [0.3, 0.4) is 0 Å². The van der Waals surface area contributed by atoms with Crippen molar-refractivity contribution in [2.24, 2.45) is 0 Å². The van der Waals surface area contributed by atoms with Crippen molar-refractivity contribution in [2.75, 3.05) is 20.9 Å². The van der Waals surface area contributed by atoms with Crippen LogP contribution in [0.4, 0.5) is 30.4 Å². The fourth-order valence-corrected chi connectivity index (χ4v) is 6.35. The van der Waals surface area contributed by atoms with Crippen molar-refractivity contribution in [1.29, 1.82) is 0 Å². The molecule has 0 unspecified atom stereocenters. The van der Waals surface area contributed by atoms with E-state index in [2.05, 4.69) is 15.0 Å². The van der Waals surface area contributed by atoms with Crippen LogP contribution in [0, 0.1) is 6.92 Å². The minimum atomic E-state index is -4.89. The highest BCUT2D eigenvalue weighted by molar-refractivity contribution is 7.93. The number of benzene rings is 3. The van der Waals surface area contributed by atoms with Crippen molar-refractivity contribution >= 4 is 54.7 Å². The zero-order valence-corrected chi connectivity index (χ0v) is 24.0. The quantitative estimate of drug-likeness (QED) is 0.242. The van der Waals surface area contributed by atoms with Crippen molar-refractivity contribution in [3.63, 3.8) is 0 Å². The number of hydrogen-bond donors (Lipinski definition) is 2. The van der Waals surface area contributed by atoms with Gasteiger partial charge in [0.15, 0.2) is 0 Å². The molecule has 42 heavy (non-hydrogen) atoms. The van der Waals surface area contributed by atoms with Crippen LogP contribution in [0.2, 0.25) is 5.02 Å². The lowest BCUT2D eigenvalue weighted by Gasteiger charge is -2.25. The normalized spacial score (nSPS) is 12.0. The Labute approximate surface area is 245 Å². The van der Waals surface area contributed by atoms with Crippen LogP contribution in [-0.2, 0) is 31.0 Å². The van der Waals surface area contributed by atoms with Gasteiger partial charge in [-0.15, -0.1) is 0 Å². The van der Waals surface area contributed by atoms with Crippen LogP contribution < -0.4 is 14.3 Å². The van der Waals surface area contributed by atoms with Gasteiger partial charge in [0.2, 0.25) is 5.91 Å². The molecule has 3 aromatic carbocycles. The molecular weight excluding hydrogens is 617 g/mol.